The Morgan fingerprint density at radius 1 is 0.800 bits per heavy atom. The number of aryl methyl sites for hydroxylation is 1. The van der Waals surface area contributed by atoms with Crippen LogP contribution in [0.2, 0.25) is 0 Å². The number of aromatic hydroxyl groups is 1. The van der Waals surface area contributed by atoms with Crippen molar-refractivity contribution in [3.63, 3.8) is 0 Å². The molecule has 2 N–H and O–H groups in total. The van der Waals surface area contributed by atoms with E-state index in [1.807, 2.05) is 30.3 Å². The van der Waals surface area contributed by atoms with E-state index >= 15 is 0 Å². The summed E-state index contributed by atoms with van der Waals surface area (Å²) >= 11 is 0. The molecule has 3 aromatic carbocycles. The highest BCUT2D eigenvalue weighted by Gasteiger charge is 2.11. The molecule has 0 saturated carbocycles. The third kappa shape index (κ3) is 3.02. The minimum Gasteiger partial charge on any atom is -0.508 e. The highest BCUT2D eigenvalue weighted by atomic mass is 16.3. The molecule has 0 unspecified atom stereocenters. The predicted molar refractivity (Wildman–Crippen MR) is 101 cm³/mol. The van der Waals surface area contributed by atoms with Gasteiger partial charge in [-0.25, -0.2) is 0 Å². The van der Waals surface area contributed by atoms with Crippen LogP contribution in [-0.2, 0) is 0 Å². The molecule has 4 nitrogen and oxygen atoms in total. The van der Waals surface area contributed by atoms with Crippen molar-refractivity contribution in [3.8, 4) is 17.0 Å². The molecular weight excluding hydrogens is 310 g/mol. The Morgan fingerprint density at radius 3 is 2.32 bits per heavy atom. The monoisotopic (exact) mass is 327 g/mol. The van der Waals surface area contributed by atoms with Gasteiger partial charge >= 0.3 is 0 Å². The van der Waals surface area contributed by atoms with Crippen LogP contribution in [0.5, 0.6) is 5.75 Å². The van der Waals surface area contributed by atoms with Crippen LogP contribution in [0.1, 0.15) is 5.56 Å². The number of hydrogen-bond acceptors (Lipinski definition) is 4. The average Bonchev–Trinajstić information content (AvgIpc) is 2.63. The van der Waals surface area contributed by atoms with Crippen molar-refractivity contribution in [3.05, 3.63) is 78.4 Å². The van der Waals surface area contributed by atoms with Crippen LogP contribution in [0, 0.1) is 6.92 Å². The zero-order valence-corrected chi connectivity index (χ0v) is 13.8. The third-order valence-electron chi connectivity index (χ3n) is 4.12. The molecular formula is C21H17N3O. The molecule has 4 rings (SSSR count). The highest BCUT2D eigenvalue weighted by Crippen LogP contribution is 2.31. The maximum Gasteiger partial charge on any atom is 0.161 e. The van der Waals surface area contributed by atoms with Gasteiger partial charge in [0.05, 0.1) is 0 Å². The Labute approximate surface area is 145 Å². The van der Waals surface area contributed by atoms with Crippen LogP contribution in [0.3, 0.4) is 0 Å². The van der Waals surface area contributed by atoms with Crippen LogP contribution < -0.4 is 5.32 Å². The first kappa shape index (κ1) is 15.1. The van der Waals surface area contributed by atoms with E-state index in [1.54, 1.807) is 18.2 Å². The van der Waals surface area contributed by atoms with Crippen LogP contribution in [0.25, 0.3) is 22.0 Å². The molecule has 1 aromatic heterocycles. The number of hydrogen-bond donors (Lipinski definition) is 2. The number of phenols is 1. The van der Waals surface area contributed by atoms with E-state index in [0.29, 0.717) is 5.82 Å². The van der Waals surface area contributed by atoms with E-state index < -0.39 is 0 Å². The molecule has 0 fully saturated rings. The van der Waals surface area contributed by atoms with Crippen LogP contribution in [-0.4, -0.2) is 15.3 Å². The summed E-state index contributed by atoms with van der Waals surface area (Å²) in [4.78, 5) is 0. The quantitative estimate of drug-likeness (QED) is 0.552. The summed E-state index contributed by atoms with van der Waals surface area (Å²) in [6.07, 6.45) is 0. The number of benzene rings is 3. The molecule has 1 heterocycles. The lowest BCUT2D eigenvalue weighted by Crippen LogP contribution is -1.99. The van der Waals surface area contributed by atoms with E-state index in [2.05, 4.69) is 46.7 Å². The first-order chi connectivity index (χ1) is 12.2. The van der Waals surface area contributed by atoms with Crippen LogP contribution in [0.4, 0.5) is 11.5 Å². The Hall–Kier alpha value is -3.40. The van der Waals surface area contributed by atoms with Crippen molar-refractivity contribution in [1.29, 1.82) is 0 Å². The molecule has 122 valence electrons. The number of nitrogens with one attached hydrogen (secondary N) is 1. The summed E-state index contributed by atoms with van der Waals surface area (Å²) in [6.45, 7) is 2.07. The summed E-state index contributed by atoms with van der Waals surface area (Å²) in [5, 5.41) is 23.7. The fraction of sp³-hybridized carbons (Fsp3) is 0.0476. The second-order valence-electron chi connectivity index (χ2n) is 5.98. The number of aromatic nitrogens is 2. The van der Waals surface area contributed by atoms with Gasteiger partial charge in [-0.3, -0.25) is 0 Å². The molecule has 0 radical (unpaired) electrons. The van der Waals surface area contributed by atoms with Crippen molar-refractivity contribution in [2.45, 2.75) is 6.92 Å². The van der Waals surface area contributed by atoms with Gasteiger partial charge in [0.2, 0.25) is 0 Å². The fourth-order valence-corrected chi connectivity index (χ4v) is 2.84. The minimum absolute atomic E-state index is 0.207. The van der Waals surface area contributed by atoms with Crippen LogP contribution >= 0.6 is 0 Å². The molecule has 0 aliphatic heterocycles. The molecule has 0 spiro atoms. The Bertz CT molecular complexity index is 1040. The molecule has 0 aliphatic carbocycles. The number of anilines is 2. The largest absolute Gasteiger partial charge is 0.508 e. The van der Waals surface area contributed by atoms with Gasteiger partial charge in [0.15, 0.2) is 5.82 Å². The number of rotatable bonds is 3. The lowest BCUT2D eigenvalue weighted by molar-refractivity contribution is 0.475. The second-order valence-corrected chi connectivity index (χ2v) is 5.98. The molecule has 4 aromatic rings. The smallest absolute Gasteiger partial charge is 0.161 e. The fourth-order valence-electron chi connectivity index (χ4n) is 2.84. The molecule has 0 atom stereocenters. The minimum atomic E-state index is 0.207. The van der Waals surface area contributed by atoms with E-state index in [-0.39, 0.29) is 5.75 Å². The maximum atomic E-state index is 9.64. The first-order valence-corrected chi connectivity index (χ1v) is 8.09. The lowest BCUT2D eigenvalue weighted by Gasteiger charge is -2.11. The molecule has 0 amide bonds. The normalized spacial score (nSPS) is 10.8. The van der Waals surface area contributed by atoms with Gasteiger partial charge in [-0.1, -0.05) is 60.2 Å². The zero-order valence-electron chi connectivity index (χ0n) is 13.8. The molecule has 0 saturated heterocycles. The van der Waals surface area contributed by atoms with Gasteiger partial charge in [-0.15, -0.1) is 10.2 Å². The van der Waals surface area contributed by atoms with Crippen molar-refractivity contribution in [2.75, 3.05) is 5.32 Å². The van der Waals surface area contributed by atoms with Crippen molar-refractivity contribution in [1.82, 2.24) is 10.2 Å². The summed E-state index contributed by atoms with van der Waals surface area (Å²) in [5.41, 5.74) is 3.88. The molecule has 4 heteroatoms. The van der Waals surface area contributed by atoms with E-state index in [4.69, 9.17) is 0 Å². The molecule has 0 bridgehead atoms. The van der Waals surface area contributed by atoms with Crippen molar-refractivity contribution < 1.29 is 5.11 Å². The van der Waals surface area contributed by atoms with Gasteiger partial charge in [-0.2, -0.15) is 0 Å². The van der Waals surface area contributed by atoms with Gasteiger partial charge in [0.1, 0.15) is 11.4 Å². The summed E-state index contributed by atoms with van der Waals surface area (Å²) < 4.78 is 0. The zero-order chi connectivity index (χ0) is 17.2. The van der Waals surface area contributed by atoms with E-state index in [9.17, 15) is 5.11 Å². The number of nitrogens with zero attached hydrogens (tertiary/aromatic N) is 2. The van der Waals surface area contributed by atoms with Gasteiger partial charge in [0.25, 0.3) is 0 Å². The predicted octanol–water partition coefficient (Wildman–Crippen LogP) is 5.05. The Balaban J connectivity index is 1.83. The van der Waals surface area contributed by atoms with Crippen molar-refractivity contribution in [2.24, 2.45) is 0 Å². The summed E-state index contributed by atoms with van der Waals surface area (Å²) in [7, 11) is 0. The van der Waals surface area contributed by atoms with Gasteiger partial charge in [-0.05, 0) is 19.1 Å². The Kier molecular flexibility index (Phi) is 3.78. The summed E-state index contributed by atoms with van der Waals surface area (Å²) in [6, 6.07) is 23.3. The van der Waals surface area contributed by atoms with E-state index in [0.717, 1.165) is 27.7 Å². The van der Waals surface area contributed by atoms with Crippen molar-refractivity contribution >= 4 is 22.3 Å². The summed E-state index contributed by atoms with van der Waals surface area (Å²) in [5.74, 6) is 0.871. The van der Waals surface area contributed by atoms with Gasteiger partial charge < -0.3 is 10.4 Å². The Morgan fingerprint density at radius 2 is 1.56 bits per heavy atom. The molecule has 25 heavy (non-hydrogen) atoms. The van der Waals surface area contributed by atoms with E-state index in [1.165, 1.54) is 5.56 Å². The number of phenolic OH excluding ortho intramolecular Hbond substituents is 1. The maximum absolute atomic E-state index is 9.64. The number of fused-ring (bicyclic) bond motifs is 1. The lowest BCUT2D eigenvalue weighted by atomic mass is 10.0. The molecule has 0 aliphatic rings. The second kappa shape index (κ2) is 6.24. The van der Waals surface area contributed by atoms with Crippen LogP contribution in [0.15, 0.2) is 72.8 Å². The third-order valence-corrected chi connectivity index (χ3v) is 4.12. The standard InChI is InChI=1S/C21H17N3O/c1-14-9-11-15(12-10-14)20-18-7-2-3-8-19(18)21(24-23-20)22-16-5-4-6-17(25)13-16/h2-13,25H,1H3,(H,22,24). The highest BCUT2D eigenvalue weighted by molar-refractivity contribution is 6.00. The average molecular weight is 327 g/mol. The van der Waals surface area contributed by atoms with Gasteiger partial charge in [0, 0.05) is 28.1 Å². The SMILES string of the molecule is Cc1ccc(-c2nnc(Nc3cccc(O)c3)c3ccccc23)cc1. The topological polar surface area (TPSA) is 58.0 Å². The first-order valence-electron chi connectivity index (χ1n) is 8.09.